The number of fused-ring (bicyclic) bond motifs is 2. The van der Waals surface area contributed by atoms with Crippen LogP contribution >= 0.6 is 0 Å². The molecule has 0 aliphatic rings. The molecule has 0 aliphatic carbocycles. The number of hydrogen-bond acceptors (Lipinski definition) is 2. The van der Waals surface area contributed by atoms with E-state index in [-0.39, 0.29) is 31.0 Å². The summed E-state index contributed by atoms with van der Waals surface area (Å²) in [6, 6.07) is 17.9. The van der Waals surface area contributed by atoms with E-state index in [1.165, 1.54) is 0 Å². The Morgan fingerprint density at radius 1 is 0.889 bits per heavy atom. The van der Waals surface area contributed by atoms with Crippen molar-refractivity contribution in [2.24, 2.45) is 0 Å². The van der Waals surface area contributed by atoms with Gasteiger partial charge in [0.1, 0.15) is 5.75 Å². The van der Waals surface area contributed by atoms with Crippen LogP contribution in [0.5, 0.6) is 5.75 Å². The molecule has 0 atom stereocenters. The minimum Gasteiger partial charge on any atom is -1.00 e. The van der Waals surface area contributed by atoms with E-state index >= 15 is 0 Å². The van der Waals surface area contributed by atoms with Crippen molar-refractivity contribution < 1.29 is 40.5 Å². The normalized spacial score (nSPS) is 10.0. The topological polar surface area (TPSA) is 26.3 Å². The summed E-state index contributed by atoms with van der Waals surface area (Å²) in [5.41, 5.74) is 0. The van der Waals surface area contributed by atoms with E-state index < -0.39 is 0 Å². The summed E-state index contributed by atoms with van der Waals surface area (Å²) >= 11 is 0. The Kier molecular flexibility index (Phi) is 4.02. The fourth-order valence-corrected chi connectivity index (χ4v) is 2.15. The van der Waals surface area contributed by atoms with Gasteiger partial charge in [-0.1, -0.05) is 48.5 Å². The van der Waals surface area contributed by atoms with E-state index in [9.17, 15) is 4.79 Å². The standard InChI is InChI=1S/C15H10O2.Na.H/c16-10-17-15-13-7-3-1-5-11(13)9-12-6-2-4-8-14(12)15;;/h1-10H;;/q;+1;-1. The van der Waals surface area contributed by atoms with Gasteiger partial charge in [0, 0.05) is 10.8 Å². The van der Waals surface area contributed by atoms with Crippen LogP contribution in [0.1, 0.15) is 1.43 Å². The predicted octanol–water partition coefficient (Wildman–Crippen LogP) is 0.645. The molecule has 3 aromatic carbocycles. The van der Waals surface area contributed by atoms with Crippen LogP contribution in [-0.4, -0.2) is 6.47 Å². The molecule has 84 valence electrons. The van der Waals surface area contributed by atoms with Crippen molar-refractivity contribution >= 4 is 28.0 Å². The summed E-state index contributed by atoms with van der Waals surface area (Å²) in [5, 5.41) is 4.06. The summed E-state index contributed by atoms with van der Waals surface area (Å²) in [6.45, 7) is 0.480. The molecule has 0 N–H and O–H groups in total. The maximum atomic E-state index is 10.6. The fourth-order valence-electron chi connectivity index (χ4n) is 2.15. The van der Waals surface area contributed by atoms with Gasteiger partial charge in [-0.05, 0) is 16.8 Å². The first-order valence-corrected chi connectivity index (χ1v) is 5.41. The van der Waals surface area contributed by atoms with E-state index in [1.807, 2.05) is 48.5 Å². The van der Waals surface area contributed by atoms with E-state index in [2.05, 4.69) is 6.07 Å². The van der Waals surface area contributed by atoms with Crippen molar-refractivity contribution in [3.8, 4) is 5.75 Å². The maximum Gasteiger partial charge on any atom is 1.00 e. The second-order valence-electron chi connectivity index (χ2n) is 3.86. The van der Waals surface area contributed by atoms with Crippen LogP contribution in [0, 0.1) is 0 Å². The number of carbonyl (C=O) groups is 1. The summed E-state index contributed by atoms with van der Waals surface area (Å²) in [5.74, 6) is 0.633. The first-order valence-electron chi connectivity index (χ1n) is 5.41. The van der Waals surface area contributed by atoms with Gasteiger partial charge in [0.2, 0.25) is 0 Å². The molecule has 0 aromatic heterocycles. The molecule has 0 heterocycles. The third-order valence-corrected chi connectivity index (χ3v) is 2.89. The van der Waals surface area contributed by atoms with Crippen molar-refractivity contribution in [2.45, 2.75) is 0 Å². The third kappa shape index (κ3) is 2.15. The smallest absolute Gasteiger partial charge is 1.00 e. The Bertz CT molecular complexity index is 659. The first kappa shape index (κ1) is 13.1. The second kappa shape index (κ2) is 5.53. The van der Waals surface area contributed by atoms with Crippen molar-refractivity contribution in [2.75, 3.05) is 0 Å². The van der Waals surface area contributed by atoms with Crippen LogP contribution in [0.3, 0.4) is 0 Å². The molecular weight excluding hydrogens is 235 g/mol. The molecule has 18 heavy (non-hydrogen) atoms. The Balaban J connectivity index is 0.000000902. The van der Waals surface area contributed by atoms with E-state index in [0.717, 1.165) is 21.5 Å². The van der Waals surface area contributed by atoms with E-state index in [4.69, 9.17) is 4.74 Å². The molecule has 0 aliphatic heterocycles. The van der Waals surface area contributed by atoms with E-state index in [0.29, 0.717) is 12.2 Å². The SMILES string of the molecule is O=COc1c2ccccc2cc2ccccc12.[H-].[Na+]. The summed E-state index contributed by atoms with van der Waals surface area (Å²) in [7, 11) is 0. The minimum atomic E-state index is 0. The summed E-state index contributed by atoms with van der Waals surface area (Å²) < 4.78 is 5.15. The van der Waals surface area contributed by atoms with Crippen molar-refractivity contribution in [1.82, 2.24) is 0 Å². The molecule has 0 amide bonds. The molecule has 3 heteroatoms. The summed E-state index contributed by atoms with van der Waals surface area (Å²) in [4.78, 5) is 10.6. The van der Waals surface area contributed by atoms with Gasteiger partial charge in [0.05, 0.1) is 0 Å². The van der Waals surface area contributed by atoms with Gasteiger partial charge < -0.3 is 6.16 Å². The van der Waals surface area contributed by atoms with Gasteiger partial charge in [0.15, 0.2) is 0 Å². The summed E-state index contributed by atoms with van der Waals surface area (Å²) in [6.07, 6.45) is 0. The van der Waals surface area contributed by atoms with Crippen LogP contribution in [0.15, 0.2) is 54.6 Å². The monoisotopic (exact) mass is 246 g/mol. The fraction of sp³-hybridized carbons (Fsp3) is 0. The molecule has 2 nitrogen and oxygen atoms in total. The van der Waals surface area contributed by atoms with Crippen molar-refractivity contribution in [3.05, 3.63) is 54.6 Å². The van der Waals surface area contributed by atoms with Crippen LogP contribution in [0.4, 0.5) is 0 Å². The van der Waals surface area contributed by atoms with Crippen LogP contribution < -0.4 is 34.3 Å². The number of hydrogen-bond donors (Lipinski definition) is 0. The van der Waals surface area contributed by atoms with Gasteiger partial charge in [-0.15, -0.1) is 0 Å². The predicted molar refractivity (Wildman–Crippen MR) is 69.3 cm³/mol. The molecule has 3 rings (SSSR count). The minimum absolute atomic E-state index is 0. The van der Waals surface area contributed by atoms with Crippen LogP contribution in [0.25, 0.3) is 21.5 Å². The molecule has 0 radical (unpaired) electrons. The van der Waals surface area contributed by atoms with Gasteiger partial charge in [-0.3, -0.25) is 4.79 Å². The Hall–Kier alpha value is -1.35. The van der Waals surface area contributed by atoms with Crippen molar-refractivity contribution in [1.29, 1.82) is 0 Å². The zero-order valence-electron chi connectivity index (χ0n) is 11.1. The second-order valence-corrected chi connectivity index (χ2v) is 3.86. The third-order valence-electron chi connectivity index (χ3n) is 2.89. The zero-order chi connectivity index (χ0) is 11.7. The molecule has 0 bridgehead atoms. The molecule has 3 aromatic rings. The number of carbonyl (C=O) groups excluding carboxylic acids is 1. The van der Waals surface area contributed by atoms with E-state index in [1.54, 1.807) is 0 Å². The number of benzene rings is 3. The maximum absolute atomic E-state index is 10.6. The van der Waals surface area contributed by atoms with Crippen LogP contribution in [0.2, 0.25) is 0 Å². The molecule has 0 saturated heterocycles. The Morgan fingerprint density at radius 2 is 1.39 bits per heavy atom. The molecule has 0 unspecified atom stereocenters. The van der Waals surface area contributed by atoms with Gasteiger partial charge in [-0.25, -0.2) is 0 Å². The average molecular weight is 246 g/mol. The Morgan fingerprint density at radius 3 is 1.89 bits per heavy atom. The van der Waals surface area contributed by atoms with Crippen molar-refractivity contribution in [3.63, 3.8) is 0 Å². The number of ether oxygens (including phenoxy) is 1. The van der Waals surface area contributed by atoms with Gasteiger partial charge in [-0.2, -0.15) is 0 Å². The number of rotatable bonds is 2. The van der Waals surface area contributed by atoms with Gasteiger partial charge in [0.25, 0.3) is 6.47 Å². The van der Waals surface area contributed by atoms with Crippen LogP contribution in [-0.2, 0) is 4.79 Å². The first-order chi connectivity index (χ1) is 8.40. The van der Waals surface area contributed by atoms with Gasteiger partial charge >= 0.3 is 29.6 Å². The molecule has 0 spiro atoms. The largest absolute Gasteiger partial charge is 1.00 e. The average Bonchev–Trinajstić information content (AvgIpc) is 2.39. The Labute approximate surface area is 128 Å². The zero-order valence-corrected chi connectivity index (χ0v) is 12.1. The quantitative estimate of drug-likeness (QED) is 0.377. The molecule has 0 saturated carbocycles. The molecular formula is C15H11NaO2. The molecule has 0 fully saturated rings.